The zero-order chi connectivity index (χ0) is 25.7. The fourth-order valence-corrected chi connectivity index (χ4v) is 3.82. The summed E-state index contributed by atoms with van der Waals surface area (Å²) in [4.78, 5) is 12.8. The van der Waals surface area contributed by atoms with Crippen LogP contribution < -0.4 is 14.8 Å². The van der Waals surface area contributed by atoms with Crippen molar-refractivity contribution in [2.75, 3.05) is 12.4 Å². The first-order valence-electron chi connectivity index (χ1n) is 10.9. The zero-order valence-corrected chi connectivity index (χ0v) is 19.9. The van der Waals surface area contributed by atoms with Crippen LogP contribution in [-0.4, -0.2) is 13.0 Å². The Balaban J connectivity index is 1.48. The van der Waals surface area contributed by atoms with Crippen LogP contribution in [0.2, 0.25) is 5.02 Å². The Bertz CT molecular complexity index is 1360. The second-order valence-electron chi connectivity index (χ2n) is 7.85. The van der Waals surface area contributed by atoms with Crippen molar-refractivity contribution in [2.24, 2.45) is 0 Å². The van der Waals surface area contributed by atoms with Crippen molar-refractivity contribution in [3.63, 3.8) is 0 Å². The third-order valence-electron chi connectivity index (χ3n) is 5.43. The summed E-state index contributed by atoms with van der Waals surface area (Å²) in [6, 6.07) is 25.4. The monoisotopic (exact) mass is 511 g/mol. The first-order valence-corrected chi connectivity index (χ1v) is 11.3. The number of carbonyl (C=O) groups is 1. The molecule has 0 heterocycles. The summed E-state index contributed by atoms with van der Waals surface area (Å²) >= 11 is 5.65. The summed E-state index contributed by atoms with van der Waals surface area (Å²) in [5.41, 5.74) is 1.93. The summed E-state index contributed by atoms with van der Waals surface area (Å²) in [7, 11) is 1.50. The van der Waals surface area contributed by atoms with Crippen LogP contribution in [0.4, 0.5) is 18.9 Å². The number of rotatable bonds is 7. The average molecular weight is 512 g/mol. The number of nitrogens with one attached hydrogen (secondary N) is 1. The van der Waals surface area contributed by atoms with E-state index in [4.69, 9.17) is 21.1 Å². The van der Waals surface area contributed by atoms with Gasteiger partial charge in [0.2, 0.25) is 0 Å². The lowest BCUT2D eigenvalue weighted by Crippen LogP contribution is -2.14. The quantitative estimate of drug-likeness (QED) is 0.275. The van der Waals surface area contributed by atoms with Crippen LogP contribution in [0.25, 0.3) is 11.1 Å². The third kappa shape index (κ3) is 5.98. The molecule has 1 N–H and O–H groups in total. The van der Waals surface area contributed by atoms with E-state index in [-0.39, 0.29) is 17.9 Å². The Morgan fingerprint density at radius 2 is 1.58 bits per heavy atom. The molecule has 8 heteroatoms. The molecule has 0 unspecified atom stereocenters. The molecule has 0 atom stereocenters. The van der Waals surface area contributed by atoms with Crippen LogP contribution in [0.1, 0.15) is 21.5 Å². The highest BCUT2D eigenvalue weighted by Gasteiger charge is 2.33. The molecule has 0 aromatic heterocycles. The van der Waals surface area contributed by atoms with E-state index in [2.05, 4.69) is 5.32 Å². The maximum absolute atomic E-state index is 13.1. The Kier molecular flexibility index (Phi) is 7.50. The van der Waals surface area contributed by atoms with Crippen molar-refractivity contribution in [2.45, 2.75) is 12.8 Å². The van der Waals surface area contributed by atoms with Gasteiger partial charge in [0, 0.05) is 16.8 Å². The van der Waals surface area contributed by atoms with Gasteiger partial charge in [0.05, 0.1) is 17.7 Å². The molecule has 0 aliphatic heterocycles. The first kappa shape index (κ1) is 25.1. The van der Waals surface area contributed by atoms with Crippen LogP contribution >= 0.6 is 11.6 Å². The smallest absolute Gasteiger partial charge is 0.417 e. The molecule has 4 aromatic rings. The number of halogens is 4. The topological polar surface area (TPSA) is 47.6 Å². The number of hydrogen-bond acceptors (Lipinski definition) is 3. The number of anilines is 1. The number of benzene rings is 4. The molecule has 0 radical (unpaired) electrons. The normalized spacial score (nSPS) is 11.1. The van der Waals surface area contributed by atoms with Gasteiger partial charge in [-0.15, -0.1) is 0 Å². The van der Waals surface area contributed by atoms with E-state index in [9.17, 15) is 18.0 Å². The van der Waals surface area contributed by atoms with Crippen LogP contribution in [0.5, 0.6) is 11.5 Å². The zero-order valence-electron chi connectivity index (χ0n) is 19.1. The Hall–Kier alpha value is -3.97. The van der Waals surface area contributed by atoms with Gasteiger partial charge in [0.1, 0.15) is 18.1 Å². The molecule has 4 rings (SSSR count). The Labute approximate surface area is 211 Å². The number of hydrogen-bond donors (Lipinski definition) is 1. The van der Waals surface area contributed by atoms with Gasteiger partial charge in [0.15, 0.2) is 0 Å². The maximum atomic E-state index is 13.1. The molecule has 0 fully saturated rings. The Morgan fingerprint density at radius 3 is 2.25 bits per heavy atom. The number of methoxy groups -OCH3 is 1. The fourth-order valence-electron chi connectivity index (χ4n) is 3.59. The van der Waals surface area contributed by atoms with Gasteiger partial charge in [-0.3, -0.25) is 4.79 Å². The standard InChI is InChI=1S/C28H21ClF3NO3/c1-35-26-14-9-20(27(34)33-22-10-13-25(29)24(16-22)28(30,31)32)15-21(26)17-36-23-11-7-19(8-12-23)18-5-3-2-4-6-18/h2-16H,17H2,1H3,(H,33,34). The molecular formula is C28H21ClF3NO3. The molecule has 4 aromatic carbocycles. The van der Waals surface area contributed by atoms with Crippen LogP contribution in [-0.2, 0) is 12.8 Å². The lowest BCUT2D eigenvalue weighted by atomic mass is 10.1. The number of ether oxygens (including phenoxy) is 2. The lowest BCUT2D eigenvalue weighted by Gasteiger charge is -2.14. The molecule has 36 heavy (non-hydrogen) atoms. The van der Waals surface area contributed by atoms with Gasteiger partial charge in [-0.1, -0.05) is 54.1 Å². The Morgan fingerprint density at radius 1 is 0.889 bits per heavy atom. The number of amides is 1. The van der Waals surface area contributed by atoms with Crippen LogP contribution in [0.3, 0.4) is 0 Å². The van der Waals surface area contributed by atoms with Gasteiger partial charge >= 0.3 is 6.18 Å². The summed E-state index contributed by atoms with van der Waals surface area (Å²) in [6.45, 7) is 0.119. The van der Waals surface area contributed by atoms with Crippen molar-refractivity contribution in [1.29, 1.82) is 0 Å². The minimum atomic E-state index is -4.64. The highest BCUT2D eigenvalue weighted by atomic mass is 35.5. The van der Waals surface area contributed by atoms with E-state index in [1.54, 1.807) is 12.1 Å². The summed E-state index contributed by atoms with van der Waals surface area (Å²) in [5, 5.41) is 2.04. The minimum Gasteiger partial charge on any atom is -0.496 e. The summed E-state index contributed by atoms with van der Waals surface area (Å²) in [6.07, 6.45) is -4.64. The number of carbonyl (C=O) groups excluding carboxylic acids is 1. The minimum absolute atomic E-state index is 0.0242. The van der Waals surface area contributed by atoms with E-state index in [1.807, 2.05) is 54.6 Å². The molecule has 0 aliphatic carbocycles. The molecule has 0 bridgehead atoms. The fraction of sp³-hybridized carbons (Fsp3) is 0.107. The summed E-state index contributed by atoms with van der Waals surface area (Å²) < 4.78 is 50.7. The number of alkyl halides is 3. The average Bonchev–Trinajstić information content (AvgIpc) is 2.88. The molecule has 0 saturated heterocycles. The second kappa shape index (κ2) is 10.7. The van der Waals surface area contributed by atoms with E-state index in [0.717, 1.165) is 23.3 Å². The van der Waals surface area contributed by atoms with E-state index in [1.165, 1.54) is 19.2 Å². The first-order chi connectivity index (χ1) is 17.2. The molecular weight excluding hydrogens is 491 g/mol. The molecule has 0 spiro atoms. The SMILES string of the molecule is COc1ccc(C(=O)Nc2ccc(Cl)c(C(F)(F)F)c2)cc1COc1ccc(-c2ccccc2)cc1. The summed E-state index contributed by atoms with van der Waals surface area (Å²) in [5.74, 6) is 0.562. The maximum Gasteiger partial charge on any atom is 0.417 e. The van der Waals surface area contributed by atoms with E-state index < -0.39 is 22.7 Å². The van der Waals surface area contributed by atoms with Crippen molar-refractivity contribution < 1.29 is 27.4 Å². The molecule has 184 valence electrons. The van der Waals surface area contributed by atoms with Crippen LogP contribution in [0, 0.1) is 0 Å². The van der Waals surface area contributed by atoms with Crippen molar-refractivity contribution >= 4 is 23.2 Å². The van der Waals surface area contributed by atoms with E-state index in [0.29, 0.717) is 17.1 Å². The van der Waals surface area contributed by atoms with Crippen molar-refractivity contribution in [3.05, 3.63) is 113 Å². The second-order valence-corrected chi connectivity index (χ2v) is 8.26. The molecule has 1 amide bonds. The van der Waals surface area contributed by atoms with Gasteiger partial charge < -0.3 is 14.8 Å². The highest BCUT2D eigenvalue weighted by molar-refractivity contribution is 6.31. The van der Waals surface area contributed by atoms with Crippen molar-refractivity contribution in [3.8, 4) is 22.6 Å². The molecule has 0 saturated carbocycles. The molecule has 0 aliphatic rings. The van der Waals surface area contributed by atoms with Gasteiger partial charge in [0.25, 0.3) is 5.91 Å². The van der Waals surface area contributed by atoms with E-state index >= 15 is 0 Å². The third-order valence-corrected chi connectivity index (χ3v) is 5.76. The highest BCUT2D eigenvalue weighted by Crippen LogP contribution is 2.36. The lowest BCUT2D eigenvalue weighted by molar-refractivity contribution is -0.137. The van der Waals surface area contributed by atoms with Gasteiger partial charge in [-0.25, -0.2) is 0 Å². The molecule has 4 nitrogen and oxygen atoms in total. The van der Waals surface area contributed by atoms with Gasteiger partial charge in [-0.05, 0) is 59.7 Å². The van der Waals surface area contributed by atoms with Gasteiger partial charge in [-0.2, -0.15) is 13.2 Å². The van der Waals surface area contributed by atoms with Crippen LogP contribution in [0.15, 0.2) is 91.0 Å². The predicted molar refractivity (Wildman–Crippen MR) is 134 cm³/mol. The van der Waals surface area contributed by atoms with Crippen molar-refractivity contribution in [1.82, 2.24) is 0 Å². The predicted octanol–water partition coefficient (Wildman–Crippen LogP) is 7.87. The largest absolute Gasteiger partial charge is 0.496 e.